The lowest BCUT2D eigenvalue weighted by Gasteiger charge is -2.19. The molecule has 0 saturated heterocycles. The summed E-state index contributed by atoms with van der Waals surface area (Å²) in [5, 5.41) is 11.5. The van der Waals surface area contributed by atoms with Gasteiger partial charge in [-0.05, 0) is 53.4 Å². The van der Waals surface area contributed by atoms with Gasteiger partial charge in [0.2, 0.25) is 0 Å². The SMILES string of the molecule is Cc1nn(C(C)(C)C)cc1C(C)Nc1cc(NCC2CC2)ncn1. The minimum absolute atomic E-state index is 0.0163. The molecule has 1 aliphatic rings. The van der Waals surface area contributed by atoms with Crippen LogP contribution in [0.1, 0.15) is 57.8 Å². The van der Waals surface area contributed by atoms with E-state index in [1.54, 1.807) is 6.33 Å². The fourth-order valence-electron chi connectivity index (χ4n) is 2.65. The average Bonchev–Trinajstić information content (AvgIpc) is 3.25. The van der Waals surface area contributed by atoms with Gasteiger partial charge in [-0.2, -0.15) is 5.10 Å². The third kappa shape index (κ3) is 4.04. The van der Waals surface area contributed by atoms with Crippen molar-refractivity contribution in [2.24, 2.45) is 5.92 Å². The van der Waals surface area contributed by atoms with E-state index >= 15 is 0 Å². The molecule has 0 spiro atoms. The summed E-state index contributed by atoms with van der Waals surface area (Å²) < 4.78 is 2.03. The van der Waals surface area contributed by atoms with Gasteiger partial charge in [-0.1, -0.05) is 0 Å². The van der Waals surface area contributed by atoms with Gasteiger partial charge >= 0.3 is 0 Å². The molecule has 2 aromatic heterocycles. The Morgan fingerprint density at radius 1 is 1.25 bits per heavy atom. The van der Waals surface area contributed by atoms with Gasteiger partial charge in [0.15, 0.2) is 0 Å². The molecule has 0 amide bonds. The first-order valence-electron chi connectivity index (χ1n) is 8.72. The van der Waals surface area contributed by atoms with E-state index < -0.39 is 0 Å². The maximum atomic E-state index is 4.65. The molecule has 0 radical (unpaired) electrons. The molecule has 1 unspecified atom stereocenters. The van der Waals surface area contributed by atoms with Crippen LogP contribution in [0.3, 0.4) is 0 Å². The molecular weight excluding hydrogens is 300 g/mol. The van der Waals surface area contributed by atoms with Crippen LogP contribution >= 0.6 is 0 Å². The summed E-state index contributed by atoms with van der Waals surface area (Å²) in [6.45, 7) is 11.7. The van der Waals surface area contributed by atoms with E-state index in [4.69, 9.17) is 0 Å². The van der Waals surface area contributed by atoms with Crippen molar-refractivity contribution in [1.82, 2.24) is 19.7 Å². The van der Waals surface area contributed by atoms with Gasteiger partial charge in [0, 0.05) is 24.4 Å². The van der Waals surface area contributed by atoms with Crippen molar-refractivity contribution in [2.75, 3.05) is 17.2 Å². The molecule has 3 rings (SSSR count). The summed E-state index contributed by atoms with van der Waals surface area (Å²) >= 11 is 0. The highest BCUT2D eigenvalue weighted by Gasteiger charge is 2.21. The molecule has 6 heteroatoms. The van der Waals surface area contributed by atoms with Crippen molar-refractivity contribution in [3.63, 3.8) is 0 Å². The van der Waals surface area contributed by atoms with Crippen molar-refractivity contribution in [3.8, 4) is 0 Å². The van der Waals surface area contributed by atoms with Gasteiger partial charge in [0.05, 0.1) is 17.3 Å². The van der Waals surface area contributed by atoms with Crippen molar-refractivity contribution in [2.45, 2.75) is 59.0 Å². The second-order valence-electron chi connectivity index (χ2n) is 7.76. The Bertz CT molecular complexity index is 696. The van der Waals surface area contributed by atoms with Gasteiger partial charge in [0.1, 0.15) is 18.0 Å². The largest absolute Gasteiger partial charge is 0.370 e. The number of rotatable bonds is 6. The zero-order valence-electron chi connectivity index (χ0n) is 15.3. The van der Waals surface area contributed by atoms with Crippen LogP contribution in [-0.4, -0.2) is 26.3 Å². The number of aryl methyl sites for hydroxylation is 1. The lowest BCUT2D eigenvalue weighted by molar-refractivity contribution is 0.354. The second kappa shape index (κ2) is 6.42. The Morgan fingerprint density at radius 3 is 2.58 bits per heavy atom. The molecule has 24 heavy (non-hydrogen) atoms. The summed E-state index contributed by atoms with van der Waals surface area (Å²) in [7, 11) is 0. The maximum absolute atomic E-state index is 4.65. The summed E-state index contributed by atoms with van der Waals surface area (Å²) in [5.74, 6) is 2.54. The van der Waals surface area contributed by atoms with E-state index in [-0.39, 0.29) is 11.6 Å². The van der Waals surface area contributed by atoms with Crippen LogP contribution in [0.4, 0.5) is 11.6 Å². The van der Waals surface area contributed by atoms with Gasteiger partial charge in [-0.25, -0.2) is 9.97 Å². The van der Waals surface area contributed by atoms with Crippen LogP contribution in [0, 0.1) is 12.8 Å². The molecule has 1 saturated carbocycles. The van der Waals surface area contributed by atoms with E-state index in [0.29, 0.717) is 0 Å². The summed E-state index contributed by atoms with van der Waals surface area (Å²) in [5.41, 5.74) is 2.22. The van der Waals surface area contributed by atoms with Crippen molar-refractivity contribution in [1.29, 1.82) is 0 Å². The number of nitrogens with zero attached hydrogens (tertiary/aromatic N) is 4. The molecule has 6 nitrogen and oxygen atoms in total. The van der Waals surface area contributed by atoms with Crippen LogP contribution in [0.25, 0.3) is 0 Å². The van der Waals surface area contributed by atoms with E-state index in [1.165, 1.54) is 18.4 Å². The summed E-state index contributed by atoms with van der Waals surface area (Å²) in [6.07, 6.45) is 6.39. The maximum Gasteiger partial charge on any atom is 0.131 e. The number of hydrogen-bond acceptors (Lipinski definition) is 5. The molecule has 0 bridgehead atoms. The molecule has 130 valence electrons. The lowest BCUT2D eigenvalue weighted by Crippen LogP contribution is -2.22. The van der Waals surface area contributed by atoms with Gasteiger partial charge in [-0.15, -0.1) is 0 Å². The van der Waals surface area contributed by atoms with Crippen molar-refractivity contribution < 1.29 is 0 Å². The van der Waals surface area contributed by atoms with Crippen LogP contribution in [0.5, 0.6) is 0 Å². The predicted molar refractivity (Wildman–Crippen MR) is 97.2 cm³/mol. The standard InChI is InChI=1S/C18H28N6/c1-12(15-10-24(18(3,4)5)23-13(15)2)22-17-8-16(20-11-21-17)19-9-14-6-7-14/h8,10-12,14H,6-7,9H2,1-5H3,(H2,19,20,21,22). The Kier molecular flexibility index (Phi) is 4.47. The molecule has 2 heterocycles. The minimum Gasteiger partial charge on any atom is -0.370 e. The zero-order chi connectivity index (χ0) is 17.3. The van der Waals surface area contributed by atoms with Crippen LogP contribution in [0.2, 0.25) is 0 Å². The molecule has 1 fully saturated rings. The van der Waals surface area contributed by atoms with E-state index in [9.17, 15) is 0 Å². The highest BCUT2D eigenvalue weighted by molar-refractivity contribution is 5.48. The highest BCUT2D eigenvalue weighted by Crippen LogP contribution is 2.29. The number of nitrogens with one attached hydrogen (secondary N) is 2. The van der Waals surface area contributed by atoms with Crippen LogP contribution in [0.15, 0.2) is 18.6 Å². The van der Waals surface area contributed by atoms with E-state index in [2.05, 4.69) is 66.5 Å². The average molecular weight is 328 g/mol. The third-order valence-electron chi connectivity index (χ3n) is 4.39. The molecule has 2 N–H and O–H groups in total. The van der Waals surface area contributed by atoms with Gasteiger partial charge in [-0.3, -0.25) is 4.68 Å². The third-order valence-corrected chi connectivity index (χ3v) is 4.39. The molecular formula is C18H28N6. The molecule has 0 aromatic carbocycles. The quantitative estimate of drug-likeness (QED) is 0.845. The molecule has 2 aromatic rings. The Labute approximate surface area is 144 Å². The second-order valence-corrected chi connectivity index (χ2v) is 7.76. The fourth-order valence-corrected chi connectivity index (χ4v) is 2.65. The first kappa shape index (κ1) is 16.7. The Hall–Kier alpha value is -2.11. The normalized spacial score (nSPS) is 16.0. The number of aromatic nitrogens is 4. The fraction of sp³-hybridized carbons (Fsp3) is 0.611. The highest BCUT2D eigenvalue weighted by atomic mass is 15.3. The Balaban J connectivity index is 1.68. The van der Waals surface area contributed by atoms with Gasteiger partial charge < -0.3 is 10.6 Å². The number of hydrogen-bond donors (Lipinski definition) is 2. The zero-order valence-corrected chi connectivity index (χ0v) is 15.3. The monoisotopic (exact) mass is 328 g/mol. The van der Waals surface area contributed by atoms with E-state index in [1.807, 2.05) is 10.7 Å². The number of anilines is 2. The lowest BCUT2D eigenvalue weighted by atomic mass is 10.1. The molecule has 1 atom stereocenters. The first-order chi connectivity index (χ1) is 11.3. The summed E-state index contributed by atoms with van der Waals surface area (Å²) in [4.78, 5) is 8.64. The molecule has 0 aliphatic heterocycles. The van der Waals surface area contributed by atoms with Gasteiger partial charge in [0.25, 0.3) is 0 Å². The van der Waals surface area contributed by atoms with Crippen LogP contribution < -0.4 is 10.6 Å². The van der Waals surface area contributed by atoms with E-state index in [0.717, 1.165) is 29.8 Å². The molecule has 1 aliphatic carbocycles. The van der Waals surface area contributed by atoms with Crippen molar-refractivity contribution in [3.05, 3.63) is 29.8 Å². The van der Waals surface area contributed by atoms with Crippen LogP contribution in [-0.2, 0) is 5.54 Å². The predicted octanol–water partition coefficient (Wildman–Crippen LogP) is 3.73. The summed E-state index contributed by atoms with van der Waals surface area (Å²) in [6, 6.07) is 2.11. The Morgan fingerprint density at radius 2 is 1.96 bits per heavy atom. The topological polar surface area (TPSA) is 67.7 Å². The smallest absolute Gasteiger partial charge is 0.131 e. The minimum atomic E-state index is -0.0163. The first-order valence-corrected chi connectivity index (χ1v) is 8.72. The van der Waals surface area contributed by atoms with Crippen molar-refractivity contribution >= 4 is 11.6 Å².